The fraction of sp³-hybridized carbons (Fsp3) is 0.381. The number of rotatable bonds is 7. The van der Waals surface area contributed by atoms with Crippen molar-refractivity contribution in [2.45, 2.75) is 13.0 Å². The van der Waals surface area contributed by atoms with Crippen LogP contribution in [0.2, 0.25) is 5.02 Å². The average Bonchev–Trinajstić information content (AvgIpc) is 2.68. The number of nitrogens with zero attached hydrogens (tertiary/aromatic N) is 1. The Bertz CT molecular complexity index is 795. The van der Waals surface area contributed by atoms with E-state index in [9.17, 15) is 9.18 Å². The monoisotopic (exact) mass is 406 g/mol. The topological polar surface area (TPSA) is 50.8 Å². The molecule has 150 valence electrons. The molecule has 0 radical (unpaired) electrons. The Morgan fingerprint density at radius 3 is 2.64 bits per heavy atom. The number of carbonyl (C=O) groups excluding carboxylic acids is 1. The first-order chi connectivity index (χ1) is 13.5. The third-order valence-corrected chi connectivity index (χ3v) is 4.91. The summed E-state index contributed by atoms with van der Waals surface area (Å²) < 4.78 is 24.0. The number of halogens is 2. The predicted molar refractivity (Wildman–Crippen MR) is 106 cm³/mol. The van der Waals surface area contributed by atoms with Gasteiger partial charge in [-0.1, -0.05) is 41.4 Å². The van der Waals surface area contributed by atoms with Gasteiger partial charge in [0, 0.05) is 19.6 Å². The summed E-state index contributed by atoms with van der Waals surface area (Å²) in [7, 11) is 0. The molecule has 1 fully saturated rings. The van der Waals surface area contributed by atoms with Gasteiger partial charge in [0.1, 0.15) is 11.6 Å². The van der Waals surface area contributed by atoms with E-state index in [1.807, 2.05) is 31.2 Å². The molecule has 0 aromatic heterocycles. The van der Waals surface area contributed by atoms with E-state index in [-0.39, 0.29) is 29.3 Å². The molecule has 7 heteroatoms. The molecule has 0 unspecified atom stereocenters. The Kier molecular flexibility index (Phi) is 7.25. The number of hydrogen-bond donors (Lipinski definition) is 1. The second-order valence-corrected chi connectivity index (χ2v) is 7.21. The van der Waals surface area contributed by atoms with Crippen LogP contribution in [0.15, 0.2) is 42.5 Å². The molecule has 1 amide bonds. The van der Waals surface area contributed by atoms with Gasteiger partial charge in [0.2, 0.25) is 0 Å². The zero-order valence-electron chi connectivity index (χ0n) is 15.8. The molecule has 3 rings (SSSR count). The van der Waals surface area contributed by atoms with E-state index in [0.717, 1.165) is 30.3 Å². The van der Waals surface area contributed by atoms with Crippen LogP contribution in [0, 0.1) is 12.7 Å². The highest BCUT2D eigenvalue weighted by Crippen LogP contribution is 2.25. The maximum Gasteiger partial charge on any atom is 0.258 e. The van der Waals surface area contributed by atoms with Crippen molar-refractivity contribution in [2.24, 2.45) is 0 Å². The average molecular weight is 407 g/mol. The lowest BCUT2D eigenvalue weighted by atomic mass is 10.0. The number of benzene rings is 2. The number of amides is 1. The standard InChI is InChI=1S/C21H24ClFN2O3/c1-15-2-4-16(5-3-15)19(13-25-8-10-27-11-9-25)24-21(26)14-28-20-7-6-17(23)12-18(20)22/h2-7,12,19H,8-11,13-14H2,1H3,(H,24,26)/t19-/m1/s1. The highest BCUT2D eigenvalue weighted by molar-refractivity contribution is 6.32. The minimum atomic E-state index is -0.452. The SMILES string of the molecule is Cc1ccc([C@@H](CN2CCOCC2)NC(=O)COc2ccc(F)cc2Cl)cc1. The van der Waals surface area contributed by atoms with Gasteiger partial charge in [0.25, 0.3) is 5.91 Å². The molecule has 1 aliphatic rings. The van der Waals surface area contributed by atoms with Crippen LogP contribution in [-0.4, -0.2) is 50.3 Å². The van der Waals surface area contributed by atoms with Crippen LogP contribution in [0.1, 0.15) is 17.2 Å². The normalized spacial score (nSPS) is 15.8. The third kappa shape index (κ3) is 5.92. The minimum Gasteiger partial charge on any atom is -0.482 e. The van der Waals surface area contributed by atoms with Crippen molar-refractivity contribution in [3.8, 4) is 5.75 Å². The van der Waals surface area contributed by atoms with Crippen molar-refractivity contribution in [1.82, 2.24) is 10.2 Å². The van der Waals surface area contributed by atoms with E-state index in [4.69, 9.17) is 21.1 Å². The van der Waals surface area contributed by atoms with Crippen molar-refractivity contribution < 1.29 is 18.7 Å². The lowest BCUT2D eigenvalue weighted by Gasteiger charge is -2.31. The Labute approximate surface area is 169 Å². The van der Waals surface area contributed by atoms with Gasteiger partial charge in [-0.2, -0.15) is 0 Å². The largest absolute Gasteiger partial charge is 0.482 e. The summed E-state index contributed by atoms with van der Waals surface area (Å²) in [6, 6.07) is 11.8. The number of aryl methyl sites for hydroxylation is 1. The number of hydrogen-bond acceptors (Lipinski definition) is 4. The maximum atomic E-state index is 13.1. The van der Waals surface area contributed by atoms with Crippen molar-refractivity contribution in [3.05, 3.63) is 64.4 Å². The summed E-state index contributed by atoms with van der Waals surface area (Å²) in [6.07, 6.45) is 0. The van der Waals surface area contributed by atoms with E-state index < -0.39 is 5.82 Å². The molecule has 1 atom stereocenters. The summed E-state index contributed by atoms with van der Waals surface area (Å²) >= 11 is 5.94. The molecule has 1 saturated heterocycles. The van der Waals surface area contributed by atoms with Crippen molar-refractivity contribution >= 4 is 17.5 Å². The molecule has 0 bridgehead atoms. The van der Waals surface area contributed by atoms with Gasteiger partial charge in [0.15, 0.2) is 6.61 Å². The van der Waals surface area contributed by atoms with Gasteiger partial charge in [-0.15, -0.1) is 0 Å². The highest BCUT2D eigenvalue weighted by atomic mass is 35.5. The van der Waals surface area contributed by atoms with Crippen LogP contribution < -0.4 is 10.1 Å². The molecule has 0 spiro atoms. The van der Waals surface area contributed by atoms with E-state index >= 15 is 0 Å². The van der Waals surface area contributed by atoms with Crippen LogP contribution in [0.4, 0.5) is 4.39 Å². The second-order valence-electron chi connectivity index (χ2n) is 6.81. The Morgan fingerprint density at radius 2 is 1.96 bits per heavy atom. The van der Waals surface area contributed by atoms with Gasteiger partial charge in [-0.3, -0.25) is 9.69 Å². The summed E-state index contributed by atoms with van der Waals surface area (Å²) in [5.41, 5.74) is 2.19. The lowest BCUT2D eigenvalue weighted by Crippen LogP contribution is -2.44. The molecule has 1 N–H and O–H groups in total. The van der Waals surface area contributed by atoms with Crippen LogP contribution in [0.25, 0.3) is 0 Å². The van der Waals surface area contributed by atoms with Crippen LogP contribution >= 0.6 is 11.6 Å². The summed E-state index contributed by atoms with van der Waals surface area (Å²) in [4.78, 5) is 14.8. The van der Waals surface area contributed by atoms with E-state index in [1.54, 1.807) is 0 Å². The number of morpholine rings is 1. The number of nitrogens with one attached hydrogen (secondary N) is 1. The predicted octanol–water partition coefficient (Wildman–Crippen LogP) is 3.36. The molecular weight excluding hydrogens is 383 g/mol. The number of ether oxygens (including phenoxy) is 2. The smallest absolute Gasteiger partial charge is 0.258 e. The highest BCUT2D eigenvalue weighted by Gasteiger charge is 2.20. The molecule has 2 aromatic rings. The van der Waals surface area contributed by atoms with Crippen molar-refractivity contribution in [2.75, 3.05) is 39.5 Å². The van der Waals surface area contributed by atoms with Crippen molar-refractivity contribution in [1.29, 1.82) is 0 Å². The second kappa shape index (κ2) is 9.87. The van der Waals surface area contributed by atoms with Gasteiger partial charge in [0.05, 0.1) is 24.3 Å². The lowest BCUT2D eigenvalue weighted by molar-refractivity contribution is -0.124. The van der Waals surface area contributed by atoms with Gasteiger partial charge in [-0.05, 0) is 30.7 Å². The minimum absolute atomic E-state index is 0.135. The molecule has 0 saturated carbocycles. The van der Waals surface area contributed by atoms with Crippen LogP contribution in [0.3, 0.4) is 0 Å². The van der Waals surface area contributed by atoms with Gasteiger partial charge >= 0.3 is 0 Å². The fourth-order valence-corrected chi connectivity index (χ4v) is 3.27. The third-order valence-electron chi connectivity index (χ3n) is 4.61. The Hall–Kier alpha value is -2.15. The van der Waals surface area contributed by atoms with Crippen LogP contribution in [-0.2, 0) is 9.53 Å². The molecule has 2 aromatic carbocycles. The Balaban J connectivity index is 1.63. The zero-order chi connectivity index (χ0) is 19.9. The molecular formula is C21H24ClFN2O3. The Morgan fingerprint density at radius 1 is 1.25 bits per heavy atom. The summed E-state index contributed by atoms with van der Waals surface area (Å²) in [5.74, 6) is -0.441. The van der Waals surface area contributed by atoms with Crippen molar-refractivity contribution in [3.63, 3.8) is 0 Å². The molecule has 1 heterocycles. The van der Waals surface area contributed by atoms with Gasteiger partial charge in [-0.25, -0.2) is 4.39 Å². The molecule has 0 aliphatic carbocycles. The van der Waals surface area contributed by atoms with Gasteiger partial charge < -0.3 is 14.8 Å². The zero-order valence-corrected chi connectivity index (χ0v) is 16.5. The quantitative estimate of drug-likeness (QED) is 0.766. The van der Waals surface area contributed by atoms with E-state index in [0.29, 0.717) is 19.8 Å². The summed E-state index contributed by atoms with van der Waals surface area (Å²) in [6.45, 7) is 5.58. The maximum absolute atomic E-state index is 13.1. The van der Waals surface area contributed by atoms with E-state index in [2.05, 4.69) is 10.2 Å². The van der Waals surface area contributed by atoms with E-state index in [1.165, 1.54) is 12.1 Å². The number of carbonyl (C=O) groups is 1. The molecule has 1 aliphatic heterocycles. The summed E-state index contributed by atoms with van der Waals surface area (Å²) in [5, 5.41) is 3.17. The fourth-order valence-electron chi connectivity index (χ4n) is 3.05. The first kappa shape index (κ1) is 20.6. The molecule has 28 heavy (non-hydrogen) atoms. The van der Waals surface area contributed by atoms with Crippen LogP contribution in [0.5, 0.6) is 5.75 Å². The first-order valence-corrected chi connectivity index (χ1v) is 9.63. The molecule has 5 nitrogen and oxygen atoms in total. The first-order valence-electron chi connectivity index (χ1n) is 9.25.